The Morgan fingerprint density at radius 2 is 2.47 bits per heavy atom. The molecule has 0 bridgehead atoms. The number of furan rings is 1. The third-order valence-electron chi connectivity index (χ3n) is 3.51. The molecule has 2 aromatic rings. The molecule has 100 valence electrons. The molecule has 1 fully saturated rings. The van der Waals surface area contributed by atoms with Gasteiger partial charge >= 0.3 is 0 Å². The first-order chi connectivity index (χ1) is 9.29. The van der Waals surface area contributed by atoms with Crippen molar-refractivity contribution in [1.29, 1.82) is 0 Å². The number of carbonyl (C=O) groups excluding carboxylic acids is 1. The van der Waals surface area contributed by atoms with Crippen LogP contribution in [0, 0.1) is 0 Å². The lowest BCUT2D eigenvalue weighted by atomic mass is 10.1. The lowest BCUT2D eigenvalue weighted by Crippen LogP contribution is -2.30. The highest BCUT2D eigenvalue weighted by Crippen LogP contribution is 2.33. The molecule has 0 radical (unpaired) electrons. The summed E-state index contributed by atoms with van der Waals surface area (Å²) in [4.78, 5) is 14.3. The van der Waals surface area contributed by atoms with Crippen molar-refractivity contribution in [2.75, 3.05) is 6.54 Å². The lowest BCUT2D eigenvalue weighted by molar-refractivity contribution is 0.0709. The van der Waals surface area contributed by atoms with Gasteiger partial charge in [0.05, 0.1) is 12.3 Å². The molecule has 5 heteroatoms. The Balaban J connectivity index is 1.82. The molecule has 3 heterocycles. The van der Waals surface area contributed by atoms with E-state index in [4.69, 9.17) is 8.94 Å². The number of rotatable bonds is 3. The van der Waals surface area contributed by atoms with Gasteiger partial charge < -0.3 is 13.8 Å². The van der Waals surface area contributed by atoms with Crippen LogP contribution in [0.15, 0.2) is 33.4 Å². The van der Waals surface area contributed by atoms with Gasteiger partial charge in [-0.3, -0.25) is 4.79 Å². The molecule has 2 aromatic heterocycles. The van der Waals surface area contributed by atoms with Gasteiger partial charge in [-0.1, -0.05) is 12.1 Å². The molecule has 0 saturated carbocycles. The van der Waals surface area contributed by atoms with E-state index in [2.05, 4.69) is 5.16 Å². The van der Waals surface area contributed by atoms with Crippen molar-refractivity contribution >= 4 is 5.91 Å². The van der Waals surface area contributed by atoms with Crippen LogP contribution >= 0.6 is 0 Å². The number of carbonyl (C=O) groups is 1. The SMILES string of the molecule is CCc1cc(C(=O)N2CCC[C@@H]2c2ccco2)no1. The van der Waals surface area contributed by atoms with Gasteiger partial charge in [0.1, 0.15) is 11.5 Å². The smallest absolute Gasteiger partial charge is 0.276 e. The zero-order valence-corrected chi connectivity index (χ0v) is 10.8. The summed E-state index contributed by atoms with van der Waals surface area (Å²) in [6, 6.07) is 5.50. The summed E-state index contributed by atoms with van der Waals surface area (Å²) >= 11 is 0. The van der Waals surface area contributed by atoms with E-state index in [1.165, 1.54) is 0 Å². The third-order valence-corrected chi connectivity index (χ3v) is 3.51. The monoisotopic (exact) mass is 260 g/mol. The van der Waals surface area contributed by atoms with Crippen LogP contribution < -0.4 is 0 Å². The van der Waals surface area contributed by atoms with Crippen molar-refractivity contribution in [3.63, 3.8) is 0 Å². The second kappa shape index (κ2) is 4.91. The number of aromatic nitrogens is 1. The van der Waals surface area contributed by atoms with Gasteiger partial charge in [0.2, 0.25) is 0 Å². The van der Waals surface area contributed by atoms with Crippen molar-refractivity contribution in [3.8, 4) is 0 Å². The Hall–Kier alpha value is -2.04. The molecule has 1 atom stereocenters. The second-order valence-corrected chi connectivity index (χ2v) is 4.70. The van der Waals surface area contributed by atoms with Crippen molar-refractivity contribution in [1.82, 2.24) is 10.1 Å². The lowest BCUT2D eigenvalue weighted by Gasteiger charge is -2.21. The summed E-state index contributed by atoms with van der Waals surface area (Å²) < 4.78 is 10.5. The van der Waals surface area contributed by atoms with Crippen LogP contribution in [0.25, 0.3) is 0 Å². The fourth-order valence-electron chi connectivity index (χ4n) is 2.51. The molecule has 1 aliphatic heterocycles. The van der Waals surface area contributed by atoms with Crippen molar-refractivity contribution in [3.05, 3.63) is 41.7 Å². The Bertz CT molecular complexity index is 559. The van der Waals surface area contributed by atoms with Gasteiger partial charge in [-0.15, -0.1) is 0 Å². The van der Waals surface area contributed by atoms with Crippen molar-refractivity contribution in [2.24, 2.45) is 0 Å². The number of nitrogens with zero attached hydrogens (tertiary/aromatic N) is 2. The molecular formula is C14H16N2O3. The summed E-state index contributed by atoms with van der Waals surface area (Å²) in [7, 11) is 0. The second-order valence-electron chi connectivity index (χ2n) is 4.70. The zero-order chi connectivity index (χ0) is 13.2. The minimum absolute atomic E-state index is 0.0178. The third kappa shape index (κ3) is 2.16. The van der Waals surface area contributed by atoms with E-state index in [0.29, 0.717) is 5.69 Å². The maximum Gasteiger partial charge on any atom is 0.276 e. The van der Waals surface area contributed by atoms with E-state index < -0.39 is 0 Å². The van der Waals surface area contributed by atoms with Gasteiger partial charge in [0.25, 0.3) is 5.91 Å². The van der Waals surface area contributed by atoms with Crippen LogP contribution in [0.2, 0.25) is 0 Å². The zero-order valence-electron chi connectivity index (χ0n) is 10.8. The molecule has 0 aliphatic carbocycles. The van der Waals surface area contributed by atoms with Crippen LogP contribution in [-0.2, 0) is 6.42 Å². The molecule has 0 spiro atoms. The van der Waals surface area contributed by atoms with E-state index in [-0.39, 0.29) is 11.9 Å². The first kappa shape index (κ1) is 12.0. The Labute approximate surface area is 111 Å². The molecule has 0 aromatic carbocycles. The van der Waals surface area contributed by atoms with Gasteiger partial charge in [0.15, 0.2) is 5.69 Å². The standard InChI is InChI=1S/C14H16N2O3/c1-2-10-9-11(15-19-10)14(17)16-7-3-5-12(16)13-6-4-8-18-13/h4,6,8-9,12H,2-3,5,7H2,1H3/t12-/m1/s1. The van der Waals surface area contributed by atoms with Crippen LogP contribution in [0.1, 0.15) is 47.8 Å². The van der Waals surface area contributed by atoms with Crippen LogP contribution in [0.5, 0.6) is 0 Å². The molecule has 0 unspecified atom stereocenters. The number of hydrogen-bond acceptors (Lipinski definition) is 4. The minimum Gasteiger partial charge on any atom is -0.467 e. The molecule has 19 heavy (non-hydrogen) atoms. The number of amides is 1. The Morgan fingerprint density at radius 1 is 1.58 bits per heavy atom. The summed E-state index contributed by atoms with van der Waals surface area (Å²) in [6.45, 7) is 2.70. The van der Waals surface area contributed by atoms with Gasteiger partial charge in [0, 0.05) is 19.0 Å². The molecular weight excluding hydrogens is 244 g/mol. The molecule has 5 nitrogen and oxygen atoms in total. The van der Waals surface area contributed by atoms with Gasteiger partial charge in [-0.05, 0) is 25.0 Å². The Kier molecular flexibility index (Phi) is 3.11. The van der Waals surface area contributed by atoms with Crippen molar-refractivity contribution < 1.29 is 13.7 Å². The first-order valence-electron chi connectivity index (χ1n) is 6.59. The summed E-state index contributed by atoms with van der Waals surface area (Å²) in [5, 5.41) is 3.85. The highest BCUT2D eigenvalue weighted by molar-refractivity contribution is 5.92. The first-order valence-corrected chi connectivity index (χ1v) is 6.59. The van der Waals surface area contributed by atoms with Gasteiger partial charge in [-0.2, -0.15) is 0 Å². The highest BCUT2D eigenvalue weighted by Gasteiger charge is 2.33. The fourth-order valence-corrected chi connectivity index (χ4v) is 2.51. The summed E-state index contributed by atoms with van der Waals surface area (Å²) in [5.41, 5.74) is 0.385. The average Bonchev–Trinajstić information content (AvgIpc) is 3.16. The highest BCUT2D eigenvalue weighted by atomic mass is 16.5. The van der Waals surface area contributed by atoms with Crippen LogP contribution in [-0.4, -0.2) is 22.5 Å². The van der Waals surface area contributed by atoms with E-state index in [1.54, 1.807) is 12.3 Å². The molecule has 1 saturated heterocycles. The predicted molar refractivity (Wildman–Crippen MR) is 67.6 cm³/mol. The molecule has 1 amide bonds. The summed E-state index contributed by atoms with van der Waals surface area (Å²) in [6.07, 6.45) is 4.29. The van der Waals surface area contributed by atoms with E-state index >= 15 is 0 Å². The number of likely N-dealkylation sites (tertiary alicyclic amines) is 1. The maximum atomic E-state index is 12.4. The Morgan fingerprint density at radius 3 is 3.16 bits per heavy atom. The summed E-state index contributed by atoms with van der Waals surface area (Å²) in [5.74, 6) is 1.49. The average molecular weight is 260 g/mol. The van der Waals surface area contributed by atoms with Crippen LogP contribution in [0.4, 0.5) is 0 Å². The van der Waals surface area contributed by atoms with Gasteiger partial charge in [-0.25, -0.2) is 0 Å². The molecule has 3 rings (SSSR count). The maximum absolute atomic E-state index is 12.4. The largest absolute Gasteiger partial charge is 0.467 e. The normalized spacial score (nSPS) is 19.0. The molecule has 0 N–H and O–H groups in total. The predicted octanol–water partition coefficient (Wildman–Crippen LogP) is 2.81. The van der Waals surface area contributed by atoms with Crippen LogP contribution in [0.3, 0.4) is 0 Å². The minimum atomic E-state index is -0.0812. The number of hydrogen-bond donors (Lipinski definition) is 0. The van der Waals surface area contributed by atoms with Crippen molar-refractivity contribution in [2.45, 2.75) is 32.2 Å². The van der Waals surface area contributed by atoms with E-state index in [1.807, 2.05) is 24.0 Å². The fraction of sp³-hybridized carbons (Fsp3) is 0.429. The number of aryl methyl sites for hydroxylation is 1. The molecule has 1 aliphatic rings. The quantitative estimate of drug-likeness (QED) is 0.851. The topological polar surface area (TPSA) is 59.5 Å². The van der Waals surface area contributed by atoms with E-state index in [0.717, 1.165) is 37.3 Å². The van der Waals surface area contributed by atoms with E-state index in [9.17, 15) is 4.79 Å².